The Morgan fingerprint density at radius 2 is 1.90 bits per heavy atom. The van der Waals surface area contributed by atoms with Crippen molar-refractivity contribution in [1.82, 2.24) is 15.0 Å². The highest BCUT2D eigenvalue weighted by atomic mass is 32.2. The van der Waals surface area contributed by atoms with Gasteiger partial charge in [-0.3, -0.25) is 14.4 Å². The molecule has 3 unspecified atom stereocenters. The summed E-state index contributed by atoms with van der Waals surface area (Å²) >= 11 is 0. The van der Waals surface area contributed by atoms with Gasteiger partial charge in [-0.1, -0.05) is 24.2 Å². The number of amides is 1. The Balaban J connectivity index is 1.62. The van der Waals surface area contributed by atoms with Crippen LogP contribution < -0.4 is 9.46 Å². The lowest BCUT2D eigenvalue weighted by Gasteiger charge is -2.38. The molecule has 42 heavy (non-hydrogen) atoms. The van der Waals surface area contributed by atoms with Gasteiger partial charge in [0.05, 0.1) is 23.8 Å². The molecule has 0 saturated carbocycles. The molecular weight excluding hydrogens is 564 g/mol. The van der Waals surface area contributed by atoms with E-state index in [4.69, 9.17) is 14.4 Å². The predicted molar refractivity (Wildman–Crippen MR) is 154 cm³/mol. The van der Waals surface area contributed by atoms with Crippen molar-refractivity contribution in [2.24, 2.45) is 5.92 Å². The fraction of sp³-hybridized carbons (Fsp3) is 0.414. The van der Waals surface area contributed by atoms with Gasteiger partial charge in [-0.25, -0.2) is 13.2 Å². The van der Waals surface area contributed by atoms with Crippen molar-refractivity contribution in [2.45, 2.75) is 51.3 Å². The highest BCUT2D eigenvalue weighted by molar-refractivity contribution is 7.92. The summed E-state index contributed by atoms with van der Waals surface area (Å²) in [5.74, 6) is -1.05. The van der Waals surface area contributed by atoms with Crippen LogP contribution in [0.25, 0.3) is 0 Å². The van der Waals surface area contributed by atoms with Crippen LogP contribution in [0.15, 0.2) is 51.9 Å². The largest absolute Gasteiger partial charge is 0.488 e. The molecule has 0 spiro atoms. The zero-order valence-electron chi connectivity index (χ0n) is 24.2. The lowest BCUT2D eigenvalue weighted by Crippen LogP contribution is -2.49. The molecule has 4 rings (SSSR count). The number of hydrogen-bond donors (Lipinski definition) is 3. The van der Waals surface area contributed by atoms with E-state index in [0.717, 1.165) is 5.56 Å². The average molecular weight is 601 g/mol. The maximum Gasteiger partial charge on any atom is 0.335 e. The van der Waals surface area contributed by atoms with Gasteiger partial charge in [0.1, 0.15) is 17.5 Å². The average Bonchev–Trinajstić information content (AvgIpc) is 3.29. The summed E-state index contributed by atoms with van der Waals surface area (Å²) in [6, 6.07) is 10.7. The molecule has 0 aliphatic carbocycles. The number of nitrogens with one attached hydrogen (secondary N) is 1. The van der Waals surface area contributed by atoms with Crippen LogP contribution in [0.4, 0.5) is 5.69 Å². The molecule has 3 atom stereocenters. The topological polar surface area (TPSA) is 163 Å². The predicted octanol–water partition coefficient (Wildman–Crippen LogP) is 3.14. The maximum atomic E-state index is 13.7. The Bertz CT molecular complexity index is 1530. The third-order valence-corrected chi connectivity index (χ3v) is 8.92. The second-order valence-electron chi connectivity index (χ2n) is 10.8. The second kappa shape index (κ2) is 12.5. The van der Waals surface area contributed by atoms with Crippen LogP contribution in [-0.4, -0.2) is 84.4 Å². The molecule has 1 aliphatic rings. The first-order valence-electron chi connectivity index (χ1n) is 13.5. The molecule has 2 heterocycles. The number of carbonyl (C=O) groups is 2. The number of carboxylic acids is 1. The summed E-state index contributed by atoms with van der Waals surface area (Å²) in [6.07, 6.45) is -0.363. The number of carboxylic acid groups (broad SMARTS) is 1. The van der Waals surface area contributed by atoms with E-state index in [9.17, 15) is 23.1 Å². The zero-order valence-corrected chi connectivity index (χ0v) is 25.0. The van der Waals surface area contributed by atoms with E-state index >= 15 is 0 Å². The number of hydrogen-bond acceptors (Lipinski definition) is 9. The number of benzene rings is 2. The van der Waals surface area contributed by atoms with E-state index in [1.54, 1.807) is 42.2 Å². The Hall–Kier alpha value is -3.94. The minimum Gasteiger partial charge on any atom is -0.488 e. The molecule has 3 N–H and O–H groups in total. The highest BCUT2D eigenvalue weighted by Gasteiger charge is 2.34. The number of sulfonamides is 1. The van der Waals surface area contributed by atoms with Crippen LogP contribution in [0.1, 0.15) is 51.6 Å². The Kier molecular flexibility index (Phi) is 9.24. The van der Waals surface area contributed by atoms with Crippen LogP contribution >= 0.6 is 0 Å². The molecule has 2 aromatic carbocycles. The summed E-state index contributed by atoms with van der Waals surface area (Å²) in [7, 11) is -2.13. The Morgan fingerprint density at radius 3 is 2.50 bits per heavy atom. The van der Waals surface area contributed by atoms with Gasteiger partial charge in [0.15, 0.2) is 10.7 Å². The monoisotopic (exact) mass is 600 g/mol. The van der Waals surface area contributed by atoms with Crippen LogP contribution in [-0.2, 0) is 16.6 Å². The summed E-state index contributed by atoms with van der Waals surface area (Å²) < 4.78 is 40.1. The molecule has 3 aromatic rings. The molecule has 1 aliphatic heterocycles. The molecule has 1 amide bonds. The van der Waals surface area contributed by atoms with Gasteiger partial charge in [0, 0.05) is 31.2 Å². The Morgan fingerprint density at radius 1 is 1.21 bits per heavy atom. The van der Waals surface area contributed by atoms with E-state index in [-0.39, 0.29) is 57.7 Å². The van der Waals surface area contributed by atoms with Crippen molar-refractivity contribution in [1.29, 1.82) is 0 Å². The number of aliphatic hydroxyl groups is 1. The molecule has 0 saturated heterocycles. The van der Waals surface area contributed by atoms with Crippen LogP contribution in [0.3, 0.4) is 0 Å². The summed E-state index contributed by atoms with van der Waals surface area (Å²) in [5.41, 5.74) is 1.69. The van der Waals surface area contributed by atoms with Crippen molar-refractivity contribution in [3.8, 4) is 5.75 Å². The first-order chi connectivity index (χ1) is 19.8. The Labute approximate surface area is 244 Å². The van der Waals surface area contributed by atoms with Gasteiger partial charge in [-0.15, -0.1) is 0 Å². The van der Waals surface area contributed by atoms with E-state index in [2.05, 4.69) is 9.88 Å². The number of carbonyl (C=O) groups excluding carboxylic acids is 1. The summed E-state index contributed by atoms with van der Waals surface area (Å²) in [6.45, 7) is 7.84. The lowest BCUT2D eigenvalue weighted by molar-refractivity contribution is 0.0341. The number of fused-ring (bicyclic) bond motifs is 1. The third kappa shape index (κ3) is 6.75. The smallest absolute Gasteiger partial charge is 0.335 e. The number of aliphatic hydroxyl groups excluding tert-OH is 1. The second-order valence-corrected chi connectivity index (χ2v) is 12.4. The normalized spacial score (nSPS) is 18.2. The van der Waals surface area contributed by atoms with Gasteiger partial charge in [0.25, 0.3) is 15.9 Å². The number of likely N-dealkylation sites (N-methyl/N-ethyl adjacent to an activating group) is 1. The number of aromatic nitrogens is 1. The molecular formula is C29H36N4O8S. The van der Waals surface area contributed by atoms with Crippen molar-refractivity contribution in [2.75, 3.05) is 31.5 Å². The fourth-order valence-electron chi connectivity index (χ4n) is 5.00. The first-order valence-corrected chi connectivity index (χ1v) is 15.0. The quantitative estimate of drug-likeness (QED) is 0.315. The van der Waals surface area contributed by atoms with Crippen molar-refractivity contribution >= 4 is 27.6 Å². The maximum absolute atomic E-state index is 13.7. The number of nitrogens with zero attached hydrogens (tertiary/aromatic N) is 3. The lowest BCUT2D eigenvalue weighted by atomic mass is 9.99. The zero-order chi connectivity index (χ0) is 30.8. The van der Waals surface area contributed by atoms with E-state index in [1.807, 2.05) is 18.9 Å². The molecule has 0 bridgehead atoms. The standard InChI is InChI=1S/C29H36N4O8S/c1-17-13-33(18(2)16-34)28(35)24-12-23(31-42(38,39)27-19(3)30-41-20(27)4)10-11-25(24)40-26(17)15-32(5)14-21-6-8-22(9-7-21)29(36)37/h6-12,17-18,26,31,34H,13-16H2,1-5H3,(H,36,37). The van der Waals surface area contributed by atoms with Crippen molar-refractivity contribution in [3.05, 3.63) is 70.6 Å². The first kappa shape index (κ1) is 31.0. The van der Waals surface area contributed by atoms with Gasteiger partial charge < -0.3 is 24.4 Å². The highest BCUT2D eigenvalue weighted by Crippen LogP contribution is 2.32. The number of anilines is 1. The van der Waals surface area contributed by atoms with E-state index in [0.29, 0.717) is 25.4 Å². The molecule has 12 nitrogen and oxygen atoms in total. The summed E-state index contributed by atoms with van der Waals surface area (Å²) in [4.78, 5) is 28.4. The molecule has 13 heteroatoms. The summed E-state index contributed by atoms with van der Waals surface area (Å²) in [5, 5.41) is 22.8. The van der Waals surface area contributed by atoms with Crippen LogP contribution in [0.5, 0.6) is 5.75 Å². The van der Waals surface area contributed by atoms with Gasteiger partial charge in [-0.05, 0) is 63.7 Å². The van der Waals surface area contributed by atoms with Gasteiger partial charge in [0.2, 0.25) is 0 Å². The van der Waals surface area contributed by atoms with Crippen LogP contribution in [0, 0.1) is 19.8 Å². The van der Waals surface area contributed by atoms with Gasteiger partial charge >= 0.3 is 5.97 Å². The molecule has 1 aromatic heterocycles. The number of aromatic carboxylic acids is 1. The van der Waals surface area contributed by atoms with Crippen molar-refractivity contribution < 1.29 is 37.5 Å². The van der Waals surface area contributed by atoms with Crippen molar-refractivity contribution in [3.63, 3.8) is 0 Å². The molecule has 0 fully saturated rings. The van der Waals surface area contributed by atoms with E-state index < -0.39 is 22.0 Å². The SMILES string of the molecule is Cc1noc(C)c1S(=O)(=O)Nc1ccc2c(c1)C(=O)N(C(C)CO)CC(C)C(CN(C)Cc1ccc(C(=O)O)cc1)O2. The van der Waals surface area contributed by atoms with Crippen LogP contribution in [0.2, 0.25) is 0 Å². The molecule has 226 valence electrons. The minimum absolute atomic E-state index is 0.0677. The number of rotatable bonds is 10. The van der Waals surface area contributed by atoms with E-state index in [1.165, 1.54) is 26.0 Å². The number of aryl methyl sites for hydroxylation is 2. The fourth-order valence-corrected chi connectivity index (χ4v) is 6.39. The third-order valence-electron chi connectivity index (χ3n) is 7.30. The minimum atomic E-state index is -4.05. The molecule has 0 radical (unpaired) electrons. The van der Waals surface area contributed by atoms with Gasteiger partial charge in [-0.2, -0.15) is 0 Å². The number of ether oxygens (including phenoxy) is 1.